The number of hydrogen-bond acceptors (Lipinski definition) is 5. The second-order valence-electron chi connectivity index (χ2n) is 6.82. The number of aromatic amines is 1. The first-order valence-electron chi connectivity index (χ1n) is 9.03. The summed E-state index contributed by atoms with van der Waals surface area (Å²) in [6, 6.07) is 8.79. The van der Waals surface area contributed by atoms with Crippen LogP contribution in [0.5, 0.6) is 0 Å². The molecule has 1 amide bonds. The molecule has 8 nitrogen and oxygen atoms in total. The van der Waals surface area contributed by atoms with Crippen molar-refractivity contribution in [3.63, 3.8) is 0 Å². The molecule has 1 atom stereocenters. The molecule has 148 valence electrons. The molecule has 0 unspecified atom stereocenters. The molecular formula is C19H16F2N6O2. The Bertz CT molecular complexity index is 1180. The maximum atomic E-state index is 13.3. The lowest BCUT2D eigenvalue weighted by Crippen LogP contribution is -2.41. The summed E-state index contributed by atoms with van der Waals surface area (Å²) in [5, 5.41) is 4.55. The molecule has 0 saturated carbocycles. The van der Waals surface area contributed by atoms with Crippen molar-refractivity contribution in [2.24, 2.45) is 7.05 Å². The van der Waals surface area contributed by atoms with Crippen molar-refractivity contribution >= 4 is 16.9 Å². The van der Waals surface area contributed by atoms with Gasteiger partial charge in [-0.25, -0.2) is 23.4 Å². The summed E-state index contributed by atoms with van der Waals surface area (Å²) in [5.41, 5.74) is 2.27. The number of furan rings is 1. The van der Waals surface area contributed by atoms with Crippen LogP contribution in [0.15, 0.2) is 41.1 Å². The van der Waals surface area contributed by atoms with Crippen LogP contribution in [0.25, 0.3) is 11.0 Å². The molecule has 4 aromatic rings. The average Bonchev–Trinajstić information content (AvgIpc) is 3.43. The number of fused-ring (bicyclic) bond motifs is 2. The number of imidazole rings is 1. The molecule has 1 aromatic carbocycles. The molecule has 0 bridgehead atoms. The van der Waals surface area contributed by atoms with Gasteiger partial charge in [-0.05, 0) is 12.1 Å². The van der Waals surface area contributed by atoms with E-state index in [1.165, 1.54) is 7.05 Å². The van der Waals surface area contributed by atoms with Gasteiger partial charge in [0.15, 0.2) is 0 Å². The van der Waals surface area contributed by atoms with Crippen LogP contribution < -0.4 is 0 Å². The molecule has 5 rings (SSSR count). The quantitative estimate of drug-likeness (QED) is 0.573. The zero-order valence-corrected chi connectivity index (χ0v) is 15.3. The van der Waals surface area contributed by atoms with Gasteiger partial charge in [0.1, 0.15) is 17.4 Å². The highest BCUT2D eigenvalue weighted by Crippen LogP contribution is 2.37. The van der Waals surface area contributed by atoms with Crippen LogP contribution in [0.3, 0.4) is 0 Å². The maximum Gasteiger partial charge on any atom is 0.299 e. The molecule has 1 aliphatic heterocycles. The highest BCUT2D eigenvalue weighted by molar-refractivity contribution is 5.91. The number of amides is 1. The Labute approximate surface area is 163 Å². The summed E-state index contributed by atoms with van der Waals surface area (Å²) in [7, 11) is 1.42. The zero-order valence-electron chi connectivity index (χ0n) is 15.3. The topological polar surface area (TPSA) is 92.8 Å². The Hall–Kier alpha value is -3.56. The Morgan fingerprint density at radius 2 is 2.17 bits per heavy atom. The number of rotatable bonds is 3. The number of aryl methyl sites for hydroxylation is 1. The predicted octanol–water partition coefficient (Wildman–Crippen LogP) is 3.01. The van der Waals surface area contributed by atoms with E-state index in [-0.39, 0.29) is 5.82 Å². The van der Waals surface area contributed by atoms with E-state index in [1.54, 1.807) is 11.2 Å². The summed E-state index contributed by atoms with van der Waals surface area (Å²) in [4.78, 5) is 26.1. The molecule has 0 radical (unpaired) electrons. The van der Waals surface area contributed by atoms with Crippen LogP contribution >= 0.6 is 0 Å². The van der Waals surface area contributed by atoms with Crippen molar-refractivity contribution in [2.75, 3.05) is 6.54 Å². The lowest BCUT2D eigenvalue weighted by atomic mass is 10.00. The van der Waals surface area contributed by atoms with Crippen LogP contribution in [0.4, 0.5) is 8.78 Å². The number of carbonyl (C=O) groups excluding carboxylic acids is 1. The molecule has 1 aliphatic rings. The Kier molecular flexibility index (Phi) is 3.93. The van der Waals surface area contributed by atoms with Gasteiger partial charge < -0.3 is 14.3 Å². The number of hydrogen-bond donors (Lipinski definition) is 1. The van der Waals surface area contributed by atoms with Crippen molar-refractivity contribution in [1.82, 2.24) is 29.6 Å². The molecule has 10 heteroatoms. The van der Waals surface area contributed by atoms with Crippen molar-refractivity contribution < 1.29 is 18.0 Å². The van der Waals surface area contributed by atoms with Gasteiger partial charge in [0, 0.05) is 31.1 Å². The van der Waals surface area contributed by atoms with Crippen molar-refractivity contribution in [3.05, 3.63) is 65.5 Å². The third kappa shape index (κ3) is 2.79. The number of nitrogens with one attached hydrogen (secondary N) is 1. The fourth-order valence-electron chi connectivity index (χ4n) is 3.73. The molecule has 0 fully saturated rings. The SMILES string of the molecule is Cn1nc(C(F)F)nc1C(=O)N1CCc2[nH]cnc2[C@@H]1c1cc2ccccc2o1. The first-order valence-corrected chi connectivity index (χ1v) is 9.03. The first kappa shape index (κ1) is 17.5. The van der Waals surface area contributed by atoms with E-state index in [0.717, 1.165) is 15.8 Å². The second-order valence-corrected chi connectivity index (χ2v) is 6.82. The fourth-order valence-corrected chi connectivity index (χ4v) is 3.73. The van der Waals surface area contributed by atoms with E-state index in [2.05, 4.69) is 20.1 Å². The number of nitrogens with zero attached hydrogens (tertiary/aromatic N) is 5. The van der Waals surface area contributed by atoms with Gasteiger partial charge in [-0.15, -0.1) is 5.10 Å². The Morgan fingerprint density at radius 1 is 1.34 bits per heavy atom. The van der Waals surface area contributed by atoms with Gasteiger partial charge >= 0.3 is 0 Å². The summed E-state index contributed by atoms with van der Waals surface area (Å²) in [5.74, 6) is -0.788. The first-order chi connectivity index (χ1) is 14.0. The van der Waals surface area contributed by atoms with E-state index < -0.39 is 24.2 Å². The number of benzene rings is 1. The van der Waals surface area contributed by atoms with Crippen LogP contribution in [0, 0.1) is 0 Å². The average molecular weight is 398 g/mol. The van der Waals surface area contributed by atoms with Crippen LogP contribution in [-0.4, -0.2) is 42.1 Å². The van der Waals surface area contributed by atoms with E-state index in [1.807, 2.05) is 30.3 Å². The molecule has 4 heterocycles. The normalized spacial score (nSPS) is 16.6. The fraction of sp³-hybridized carbons (Fsp3) is 0.263. The molecule has 3 aromatic heterocycles. The van der Waals surface area contributed by atoms with Crippen molar-refractivity contribution in [3.8, 4) is 0 Å². The van der Waals surface area contributed by atoms with Crippen molar-refractivity contribution in [2.45, 2.75) is 18.9 Å². The van der Waals surface area contributed by atoms with Crippen LogP contribution in [-0.2, 0) is 13.5 Å². The monoisotopic (exact) mass is 398 g/mol. The van der Waals surface area contributed by atoms with Gasteiger partial charge in [-0.3, -0.25) is 4.79 Å². The number of aromatic nitrogens is 5. The molecule has 0 saturated heterocycles. The lowest BCUT2D eigenvalue weighted by Gasteiger charge is -2.33. The Balaban J connectivity index is 1.60. The highest BCUT2D eigenvalue weighted by Gasteiger charge is 2.38. The van der Waals surface area contributed by atoms with Crippen LogP contribution in [0.1, 0.15) is 46.1 Å². The third-order valence-electron chi connectivity index (χ3n) is 5.07. The van der Waals surface area contributed by atoms with E-state index in [9.17, 15) is 13.6 Å². The molecular weight excluding hydrogens is 382 g/mol. The Morgan fingerprint density at radius 3 is 2.93 bits per heavy atom. The molecule has 0 aliphatic carbocycles. The van der Waals surface area contributed by atoms with Crippen molar-refractivity contribution in [1.29, 1.82) is 0 Å². The van der Waals surface area contributed by atoms with E-state index >= 15 is 0 Å². The predicted molar refractivity (Wildman–Crippen MR) is 97.3 cm³/mol. The largest absolute Gasteiger partial charge is 0.458 e. The van der Waals surface area contributed by atoms with E-state index in [4.69, 9.17) is 4.42 Å². The van der Waals surface area contributed by atoms with Gasteiger partial charge in [0.25, 0.3) is 12.3 Å². The second kappa shape index (κ2) is 6.50. The lowest BCUT2D eigenvalue weighted by molar-refractivity contribution is 0.0654. The number of carbonyl (C=O) groups is 1. The van der Waals surface area contributed by atoms with Crippen LogP contribution in [0.2, 0.25) is 0 Å². The minimum Gasteiger partial charge on any atom is -0.458 e. The minimum absolute atomic E-state index is 0.152. The van der Waals surface area contributed by atoms with Gasteiger partial charge in [0.05, 0.1) is 12.0 Å². The minimum atomic E-state index is -2.85. The number of halogens is 2. The summed E-state index contributed by atoms with van der Waals surface area (Å²) >= 11 is 0. The van der Waals surface area contributed by atoms with E-state index in [0.29, 0.717) is 30.0 Å². The number of alkyl halides is 2. The zero-order chi connectivity index (χ0) is 20.1. The third-order valence-corrected chi connectivity index (χ3v) is 5.07. The standard InChI is InChI=1S/C19H16F2N6O2/c1-26-18(24-17(25-26)16(20)21)19(28)27-7-6-11-14(23-9-22-11)15(27)13-8-10-4-2-3-5-12(10)29-13/h2-5,8-9,15-16H,6-7H2,1H3,(H,22,23)/t15-/m0/s1. The van der Waals surface area contributed by atoms with Gasteiger partial charge in [-0.2, -0.15) is 0 Å². The van der Waals surface area contributed by atoms with Gasteiger partial charge in [0.2, 0.25) is 11.6 Å². The summed E-state index contributed by atoms with van der Waals surface area (Å²) in [6.07, 6.45) is -0.726. The summed E-state index contributed by atoms with van der Waals surface area (Å²) < 4.78 is 33.1. The molecule has 0 spiro atoms. The number of H-pyrrole nitrogens is 1. The molecule has 29 heavy (non-hydrogen) atoms. The maximum absolute atomic E-state index is 13.3. The van der Waals surface area contributed by atoms with Gasteiger partial charge in [-0.1, -0.05) is 18.2 Å². The molecule has 1 N–H and O–H groups in total. The highest BCUT2D eigenvalue weighted by atomic mass is 19.3. The summed E-state index contributed by atoms with van der Waals surface area (Å²) in [6.45, 7) is 0.354. The smallest absolute Gasteiger partial charge is 0.299 e. The number of para-hydroxylation sites is 1.